The van der Waals surface area contributed by atoms with E-state index in [2.05, 4.69) is 11.9 Å². The molecule has 0 saturated carbocycles. The molecule has 0 aliphatic carbocycles. The molecule has 0 unspecified atom stereocenters. The van der Waals surface area contributed by atoms with Gasteiger partial charge in [-0.2, -0.15) is 13.2 Å². The zero-order valence-corrected chi connectivity index (χ0v) is 6.91. The highest BCUT2D eigenvalue weighted by atomic mass is 19.4. The summed E-state index contributed by atoms with van der Waals surface area (Å²) in [5.74, 6) is 0. The second kappa shape index (κ2) is 4.85. The van der Waals surface area contributed by atoms with Crippen LogP contribution in [0.15, 0.2) is 24.4 Å². The minimum Gasteiger partial charge on any atom is -0.380 e. The molecule has 0 heterocycles. The molecular formula is C8H12F3N. The maximum atomic E-state index is 11.7. The predicted octanol–water partition coefficient (Wildman–Crippen LogP) is 2.62. The molecule has 0 fully saturated rings. The molecule has 1 nitrogen and oxygen atoms in total. The Labute approximate surface area is 70.0 Å². The van der Waals surface area contributed by atoms with Crippen LogP contribution < -0.4 is 5.32 Å². The molecule has 0 spiro atoms. The summed E-state index contributed by atoms with van der Waals surface area (Å²) >= 11 is 0. The molecule has 0 aliphatic rings. The summed E-state index contributed by atoms with van der Waals surface area (Å²) in [6.45, 7) is 4.19. The Morgan fingerprint density at radius 2 is 2.08 bits per heavy atom. The molecule has 0 rings (SSSR count). The first-order valence-electron chi connectivity index (χ1n) is 3.61. The lowest BCUT2D eigenvalue weighted by atomic mass is 10.3. The van der Waals surface area contributed by atoms with Crippen LogP contribution in [0.5, 0.6) is 0 Å². The van der Waals surface area contributed by atoms with Crippen LogP contribution in [0.4, 0.5) is 13.2 Å². The van der Waals surface area contributed by atoms with Gasteiger partial charge in [-0.15, -0.1) is 0 Å². The van der Waals surface area contributed by atoms with Gasteiger partial charge in [0, 0.05) is 5.70 Å². The van der Waals surface area contributed by atoms with Gasteiger partial charge in [0.2, 0.25) is 0 Å². The lowest BCUT2D eigenvalue weighted by Crippen LogP contribution is -2.28. The third-order valence-electron chi connectivity index (χ3n) is 1.22. The summed E-state index contributed by atoms with van der Waals surface area (Å²) in [5, 5.41) is 2.28. The van der Waals surface area contributed by atoms with Gasteiger partial charge < -0.3 is 5.32 Å². The van der Waals surface area contributed by atoms with Crippen molar-refractivity contribution in [2.24, 2.45) is 0 Å². The molecule has 0 bridgehead atoms. The van der Waals surface area contributed by atoms with E-state index in [0.29, 0.717) is 12.1 Å². The van der Waals surface area contributed by atoms with Crippen molar-refractivity contribution >= 4 is 0 Å². The third kappa shape index (κ3) is 5.82. The van der Waals surface area contributed by atoms with Crippen LogP contribution in [-0.4, -0.2) is 12.7 Å². The molecule has 0 aromatic carbocycles. The Bertz CT molecular complexity index is 170. The number of allylic oxidation sites excluding steroid dienone is 3. The van der Waals surface area contributed by atoms with Crippen LogP contribution in [0.2, 0.25) is 0 Å². The highest BCUT2D eigenvalue weighted by Crippen LogP contribution is 2.13. The molecular weight excluding hydrogens is 167 g/mol. The second-order valence-corrected chi connectivity index (χ2v) is 2.25. The highest BCUT2D eigenvalue weighted by molar-refractivity contribution is 5.08. The SMILES string of the molecule is C=C/C=C(\CC)NCC(F)(F)F. The van der Waals surface area contributed by atoms with Crippen LogP contribution in [0, 0.1) is 0 Å². The largest absolute Gasteiger partial charge is 0.405 e. The van der Waals surface area contributed by atoms with Crippen LogP contribution in [0.1, 0.15) is 13.3 Å². The van der Waals surface area contributed by atoms with Gasteiger partial charge in [-0.1, -0.05) is 19.6 Å². The van der Waals surface area contributed by atoms with Crippen molar-refractivity contribution < 1.29 is 13.2 Å². The molecule has 70 valence electrons. The van der Waals surface area contributed by atoms with E-state index in [1.807, 2.05) is 0 Å². The molecule has 12 heavy (non-hydrogen) atoms. The zero-order valence-electron chi connectivity index (χ0n) is 6.91. The van der Waals surface area contributed by atoms with Crippen LogP contribution in [0.25, 0.3) is 0 Å². The number of hydrogen-bond donors (Lipinski definition) is 1. The summed E-state index contributed by atoms with van der Waals surface area (Å²) in [6.07, 6.45) is -0.620. The van der Waals surface area contributed by atoms with E-state index in [1.165, 1.54) is 12.2 Å². The first-order valence-corrected chi connectivity index (χ1v) is 3.61. The molecule has 0 amide bonds. The van der Waals surface area contributed by atoms with Gasteiger partial charge in [0.15, 0.2) is 0 Å². The van der Waals surface area contributed by atoms with Crippen molar-refractivity contribution in [3.05, 3.63) is 24.4 Å². The Hall–Kier alpha value is -0.930. The minimum atomic E-state index is -4.16. The van der Waals surface area contributed by atoms with Crippen molar-refractivity contribution in [2.75, 3.05) is 6.54 Å². The number of nitrogens with one attached hydrogen (secondary N) is 1. The lowest BCUT2D eigenvalue weighted by Gasteiger charge is -2.10. The van der Waals surface area contributed by atoms with Crippen molar-refractivity contribution in [3.8, 4) is 0 Å². The van der Waals surface area contributed by atoms with Gasteiger partial charge in [0.25, 0.3) is 0 Å². The van der Waals surface area contributed by atoms with Gasteiger partial charge >= 0.3 is 6.18 Å². The van der Waals surface area contributed by atoms with Crippen LogP contribution in [0.3, 0.4) is 0 Å². The first kappa shape index (κ1) is 11.1. The smallest absolute Gasteiger partial charge is 0.380 e. The topological polar surface area (TPSA) is 12.0 Å². The summed E-state index contributed by atoms with van der Waals surface area (Å²) < 4.78 is 35.0. The molecule has 0 atom stereocenters. The van der Waals surface area contributed by atoms with E-state index in [0.717, 1.165) is 0 Å². The molecule has 0 aromatic heterocycles. The maximum Gasteiger partial charge on any atom is 0.405 e. The Morgan fingerprint density at radius 3 is 2.42 bits per heavy atom. The molecule has 4 heteroatoms. The number of hydrogen-bond acceptors (Lipinski definition) is 1. The fraction of sp³-hybridized carbons (Fsp3) is 0.500. The number of halogens is 3. The van der Waals surface area contributed by atoms with Gasteiger partial charge in [-0.25, -0.2) is 0 Å². The lowest BCUT2D eigenvalue weighted by molar-refractivity contribution is -0.123. The number of alkyl halides is 3. The van der Waals surface area contributed by atoms with E-state index in [9.17, 15) is 13.2 Å². The summed E-state index contributed by atoms with van der Waals surface area (Å²) in [6, 6.07) is 0. The molecule has 0 aliphatic heterocycles. The van der Waals surface area contributed by atoms with E-state index in [1.54, 1.807) is 6.92 Å². The fourth-order valence-corrected chi connectivity index (χ4v) is 0.658. The van der Waals surface area contributed by atoms with Crippen LogP contribution in [-0.2, 0) is 0 Å². The van der Waals surface area contributed by atoms with Gasteiger partial charge in [-0.05, 0) is 12.5 Å². The van der Waals surface area contributed by atoms with Gasteiger partial charge in [-0.3, -0.25) is 0 Å². The first-order chi connectivity index (χ1) is 5.49. The van der Waals surface area contributed by atoms with Crippen molar-refractivity contribution in [2.45, 2.75) is 19.5 Å². The Morgan fingerprint density at radius 1 is 1.50 bits per heavy atom. The summed E-state index contributed by atoms with van der Waals surface area (Å²) in [4.78, 5) is 0. The Balaban J connectivity index is 3.89. The molecule has 0 radical (unpaired) electrons. The van der Waals surface area contributed by atoms with E-state index < -0.39 is 12.7 Å². The summed E-state index contributed by atoms with van der Waals surface area (Å²) in [5.41, 5.74) is 0.544. The standard InChI is InChI=1S/C8H12F3N/c1-3-5-7(4-2)12-6-8(9,10)11/h3,5,12H,1,4,6H2,2H3/b7-5+. The second-order valence-electron chi connectivity index (χ2n) is 2.25. The van der Waals surface area contributed by atoms with Crippen molar-refractivity contribution in [1.29, 1.82) is 0 Å². The fourth-order valence-electron chi connectivity index (χ4n) is 0.658. The van der Waals surface area contributed by atoms with Crippen molar-refractivity contribution in [1.82, 2.24) is 5.32 Å². The normalized spacial score (nSPS) is 12.8. The minimum absolute atomic E-state index is 0.544. The highest BCUT2D eigenvalue weighted by Gasteiger charge is 2.26. The monoisotopic (exact) mass is 179 g/mol. The third-order valence-corrected chi connectivity index (χ3v) is 1.22. The van der Waals surface area contributed by atoms with Crippen LogP contribution >= 0.6 is 0 Å². The van der Waals surface area contributed by atoms with E-state index in [-0.39, 0.29) is 0 Å². The predicted molar refractivity (Wildman–Crippen MR) is 42.6 cm³/mol. The average Bonchev–Trinajstić information content (AvgIpc) is 1.96. The van der Waals surface area contributed by atoms with E-state index >= 15 is 0 Å². The molecule has 0 aromatic rings. The summed E-state index contributed by atoms with van der Waals surface area (Å²) in [7, 11) is 0. The average molecular weight is 179 g/mol. The van der Waals surface area contributed by atoms with Crippen molar-refractivity contribution in [3.63, 3.8) is 0 Å². The number of rotatable bonds is 4. The molecule has 0 saturated heterocycles. The molecule has 1 N–H and O–H groups in total. The zero-order chi connectivity index (χ0) is 9.61. The quantitative estimate of drug-likeness (QED) is 0.654. The van der Waals surface area contributed by atoms with E-state index in [4.69, 9.17) is 0 Å². The van der Waals surface area contributed by atoms with Gasteiger partial charge in [0.1, 0.15) is 6.54 Å². The van der Waals surface area contributed by atoms with Gasteiger partial charge in [0.05, 0.1) is 0 Å². The Kier molecular flexibility index (Phi) is 4.47. The maximum absolute atomic E-state index is 11.7.